The van der Waals surface area contributed by atoms with Gasteiger partial charge in [0.25, 0.3) is 5.91 Å². The number of phenols is 2. The molecule has 10 atom stereocenters. The molecule has 0 radical (unpaired) electrons. The number of nitrogens with one attached hydrogen (secondary N) is 2. The lowest BCUT2D eigenvalue weighted by Crippen LogP contribution is -2.55. The molecule has 9 rings (SSSR count). The van der Waals surface area contributed by atoms with Crippen molar-refractivity contribution >= 4 is 81.2 Å². The monoisotopic (exact) mass is 1370 g/mol. The van der Waals surface area contributed by atoms with Gasteiger partial charge in [-0.2, -0.15) is 23.5 Å². The molecule has 3 amide bonds. The van der Waals surface area contributed by atoms with E-state index in [9.17, 15) is 53.7 Å². The highest BCUT2D eigenvalue weighted by Gasteiger charge is 2.55. The van der Waals surface area contributed by atoms with Crippen molar-refractivity contribution in [2.45, 2.75) is 144 Å². The van der Waals surface area contributed by atoms with Gasteiger partial charge in [0.2, 0.25) is 17.6 Å². The second-order valence-corrected chi connectivity index (χ2v) is 26.0. The summed E-state index contributed by atoms with van der Waals surface area (Å²) in [6.07, 6.45) is -1.71. The van der Waals surface area contributed by atoms with Crippen LogP contribution in [0.25, 0.3) is 11.0 Å². The van der Waals surface area contributed by atoms with E-state index in [4.69, 9.17) is 63.1 Å². The number of morpholine rings is 1. The van der Waals surface area contributed by atoms with Gasteiger partial charge in [0, 0.05) is 118 Å². The van der Waals surface area contributed by atoms with E-state index >= 15 is 0 Å². The van der Waals surface area contributed by atoms with Crippen LogP contribution in [0.1, 0.15) is 142 Å². The van der Waals surface area contributed by atoms with Gasteiger partial charge in [-0.15, -0.1) is 0 Å². The third-order valence-corrected chi connectivity index (χ3v) is 18.8. The number of hydrogen-bond acceptors (Lipinski definition) is 26. The maximum absolute atomic E-state index is 14.3. The molecule has 522 valence electrons. The van der Waals surface area contributed by atoms with Crippen molar-refractivity contribution < 1.29 is 101 Å². The SMILES string of the molecule is COc1cccc2c1C(=O)c1c(O)c3c(c(O)c1C2=O)C[C@@](O)(C(=O)NCCCC(=O)[C@H](C)NC(=O)[C@H](CC(N)=O)CC(=O)CCOCCOCCOCCOCCCC(=O)c1ccc2nc(CSC)c(CSC)nc2c1)C[C@@H]3O[C@H]1C[C@H]2[C@H](O[C@@H]3[C@@H](OC)OCCN32)[C@H](C)O1. The zero-order valence-corrected chi connectivity index (χ0v) is 56.5. The number of ketones is 5. The maximum atomic E-state index is 14.3. The van der Waals surface area contributed by atoms with Crippen LogP contribution in [0.3, 0.4) is 0 Å². The smallest absolute Gasteiger partial charge is 0.252 e. The van der Waals surface area contributed by atoms with E-state index in [1.165, 1.54) is 39.3 Å². The predicted molar refractivity (Wildman–Crippen MR) is 349 cm³/mol. The number of thioether (sulfide) groups is 2. The van der Waals surface area contributed by atoms with Crippen LogP contribution < -0.4 is 21.1 Å². The fraction of sp³-hybridized carbons (Fsp3) is 0.582. The van der Waals surface area contributed by atoms with Crippen molar-refractivity contribution in [3.8, 4) is 17.2 Å². The molecule has 5 aliphatic rings. The van der Waals surface area contributed by atoms with E-state index in [1.807, 2.05) is 24.6 Å². The third kappa shape index (κ3) is 17.5. The Kier molecular flexibility index (Phi) is 26.3. The summed E-state index contributed by atoms with van der Waals surface area (Å²) in [6, 6.07) is 8.47. The topological polar surface area (TPSA) is 369 Å². The molecule has 29 heteroatoms. The molecule has 3 saturated heterocycles. The molecule has 3 aliphatic heterocycles. The Morgan fingerprint density at radius 3 is 2.17 bits per heavy atom. The Morgan fingerprint density at radius 2 is 1.49 bits per heavy atom. The normalized spacial score (nSPS) is 22.7. The van der Waals surface area contributed by atoms with Gasteiger partial charge in [0.15, 0.2) is 36.2 Å². The number of benzene rings is 3. The fourth-order valence-corrected chi connectivity index (χ4v) is 13.9. The van der Waals surface area contributed by atoms with E-state index < -0.39 is 132 Å². The summed E-state index contributed by atoms with van der Waals surface area (Å²) in [5.74, 6) is -5.94. The lowest BCUT2D eigenvalue weighted by atomic mass is 9.72. The number of aromatic nitrogens is 2. The number of nitrogens with two attached hydrogens (primary N) is 1. The Balaban J connectivity index is 0.686. The van der Waals surface area contributed by atoms with Crippen LogP contribution in [0.5, 0.6) is 17.2 Å². The summed E-state index contributed by atoms with van der Waals surface area (Å²) in [5.41, 5.74) is 5.49. The van der Waals surface area contributed by atoms with Crippen molar-refractivity contribution in [2.75, 3.05) is 99.3 Å². The number of Topliss-reactive ketones (excluding diaryl/α,β-unsaturated/α-hetero) is 3. The number of hydrogen-bond donors (Lipinski definition) is 6. The number of aromatic hydroxyl groups is 2. The minimum absolute atomic E-state index is 0.0131. The molecule has 7 N–H and O–H groups in total. The first-order valence-electron chi connectivity index (χ1n) is 32.2. The van der Waals surface area contributed by atoms with Gasteiger partial charge < -0.3 is 79.1 Å². The number of phenolic OH excluding ortho intramolecular Hbond substituents is 2. The summed E-state index contributed by atoms with van der Waals surface area (Å²) in [7, 11) is 2.84. The minimum Gasteiger partial charge on any atom is -0.507 e. The van der Waals surface area contributed by atoms with E-state index in [2.05, 4.69) is 15.5 Å². The first-order valence-corrected chi connectivity index (χ1v) is 35.0. The molecule has 0 unspecified atom stereocenters. The number of ether oxygens (including phenoxy) is 10. The molecule has 0 saturated carbocycles. The fourth-order valence-electron chi connectivity index (χ4n) is 12.9. The lowest BCUT2D eigenvalue weighted by Gasteiger charge is -2.43. The average molecular weight is 1380 g/mol. The summed E-state index contributed by atoms with van der Waals surface area (Å²) in [6.45, 7) is 6.06. The molecule has 3 aromatic carbocycles. The number of nitrogens with zero attached hydrogens (tertiary/aromatic N) is 3. The van der Waals surface area contributed by atoms with Gasteiger partial charge in [0.05, 0.1) is 123 Å². The molecule has 96 heavy (non-hydrogen) atoms. The van der Waals surface area contributed by atoms with Crippen LogP contribution in [-0.4, -0.2) is 225 Å². The minimum atomic E-state index is -2.38. The van der Waals surface area contributed by atoms with Gasteiger partial charge in [-0.1, -0.05) is 12.1 Å². The zero-order chi connectivity index (χ0) is 68.8. The number of fused-ring (bicyclic) bond motifs is 7. The van der Waals surface area contributed by atoms with Crippen molar-refractivity contribution in [3.05, 3.63) is 86.7 Å². The first kappa shape index (κ1) is 73.7. The highest BCUT2D eigenvalue weighted by Crippen LogP contribution is 2.53. The van der Waals surface area contributed by atoms with Crippen LogP contribution in [0.4, 0.5) is 0 Å². The Morgan fingerprint density at radius 1 is 0.812 bits per heavy atom. The van der Waals surface area contributed by atoms with Crippen LogP contribution in [-0.2, 0) is 84.5 Å². The van der Waals surface area contributed by atoms with E-state index in [0.29, 0.717) is 70.1 Å². The highest BCUT2D eigenvalue weighted by atomic mass is 32.2. The second kappa shape index (κ2) is 34.3. The van der Waals surface area contributed by atoms with E-state index in [-0.39, 0.29) is 104 Å². The number of carbonyl (C=O) groups excluding carboxylic acids is 8. The number of primary amides is 1. The molecule has 4 heterocycles. The molecule has 0 spiro atoms. The lowest BCUT2D eigenvalue weighted by molar-refractivity contribution is -0.256. The number of rotatable bonds is 37. The molecule has 3 fully saturated rings. The van der Waals surface area contributed by atoms with E-state index in [1.54, 1.807) is 36.5 Å². The Bertz CT molecular complexity index is 3510. The first-order chi connectivity index (χ1) is 46.2. The summed E-state index contributed by atoms with van der Waals surface area (Å²) in [4.78, 5) is 119. The van der Waals surface area contributed by atoms with Crippen molar-refractivity contribution in [2.24, 2.45) is 11.7 Å². The van der Waals surface area contributed by atoms with E-state index in [0.717, 1.165) is 28.4 Å². The van der Waals surface area contributed by atoms with Gasteiger partial charge in [0.1, 0.15) is 34.7 Å². The second-order valence-electron chi connectivity index (χ2n) is 24.3. The largest absolute Gasteiger partial charge is 0.507 e. The van der Waals surface area contributed by atoms with Crippen LogP contribution >= 0.6 is 23.5 Å². The van der Waals surface area contributed by atoms with Crippen LogP contribution in [0, 0.1) is 5.92 Å². The summed E-state index contributed by atoms with van der Waals surface area (Å²) >= 11 is 3.38. The van der Waals surface area contributed by atoms with Gasteiger partial charge in [-0.3, -0.25) is 43.3 Å². The van der Waals surface area contributed by atoms with Gasteiger partial charge in [-0.25, -0.2) is 9.97 Å². The number of carbonyl (C=O) groups is 8. The summed E-state index contributed by atoms with van der Waals surface area (Å²) < 4.78 is 58.4. The van der Waals surface area contributed by atoms with Crippen LogP contribution in [0.15, 0.2) is 36.4 Å². The molecule has 2 aliphatic carbocycles. The highest BCUT2D eigenvalue weighted by molar-refractivity contribution is 7.98. The van der Waals surface area contributed by atoms with Crippen molar-refractivity contribution in [3.63, 3.8) is 0 Å². The number of methoxy groups -OCH3 is 2. The van der Waals surface area contributed by atoms with Crippen molar-refractivity contribution in [1.29, 1.82) is 0 Å². The quantitative estimate of drug-likeness (QED) is 0.0183. The summed E-state index contributed by atoms with van der Waals surface area (Å²) in [5, 5.41) is 41.9. The number of aliphatic hydroxyl groups is 1. The number of amides is 3. The average Bonchev–Trinajstić information content (AvgIpc) is 0.823. The predicted octanol–water partition coefficient (Wildman–Crippen LogP) is 4.36. The zero-order valence-electron chi connectivity index (χ0n) is 54.8. The van der Waals surface area contributed by atoms with Crippen LogP contribution in [0.2, 0.25) is 0 Å². The Hall–Kier alpha value is -6.58. The Labute approximate surface area is 564 Å². The van der Waals surface area contributed by atoms with Gasteiger partial charge in [-0.05, 0) is 63.5 Å². The maximum Gasteiger partial charge on any atom is 0.252 e. The molecular weight excluding hydrogens is 1290 g/mol. The standard InChI is InChI=1S/C67H86N6O21S2/c1-36(70-63(82)39(30-52(68)77)28-40(74)16-20-88-23-25-90-27-26-89-24-22-87-19-9-12-49(76)38-14-15-43-44(29-38)72-46(35-96-6)45(71-43)34-95-5)48(75)11-8-17-69-66(83)67(84)32-42-55(61(81)57-56(59(42)79)58(78)41-10-7-13-50(85-3)54(41)60(57)80)51(33-67)93-53-31-47-62(37(2)92-53)94-64-65(86-4)91-21-18-73(47)64/h7,10,13-15,29,36-37,39,47,51,53,62,64-65,79,81,84H,8-9,11-12,16-28,30-35H2,1-6H3,(H2,68,77)(H,69,83)(H,70,82)/t36-,37-,39-,47-,51-,53-,62+,64+,65-,67-/m0/s1. The molecule has 4 aromatic rings. The molecule has 1 aromatic heterocycles. The molecular formula is C67H86N6O21S2. The van der Waals surface area contributed by atoms with Crippen molar-refractivity contribution in [1.82, 2.24) is 25.5 Å². The molecule has 27 nitrogen and oxygen atoms in total. The third-order valence-electron chi connectivity index (χ3n) is 17.7. The van der Waals surface area contributed by atoms with Gasteiger partial charge >= 0.3 is 0 Å². The molecule has 0 bridgehead atoms.